The third-order valence-electron chi connectivity index (χ3n) is 5.12. The minimum absolute atomic E-state index is 0.103. The van der Waals surface area contributed by atoms with Gasteiger partial charge in [0.15, 0.2) is 16.5 Å². The van der Waals surface area contributed by atoms with E-state index in [1.807, 2.05) is 17.5 Å². The summed E-state index contributed by atoms with van der Waals surface area (Å²) in [4.78, 5) is 41.5. The lowest BCUT2D eigenvalue weighted by atomic mass is 10.0. The SMILES string of the molecule is CC(C)Cc1ccc(-c2csc(NC(=O)Cc3onc4c3c(=O)n(C)c(=O)n4C)n2)cc1. The zero-order valence-electron chi connectivity index (χ0n) is 18.2. The van der Waals surface area contributed by atoms with E-state index >= 15 is 0 Å². The third-order valence-corrected chi connectivity index (χ3v) is 5.88. The smallest absolute Gasteiger partial charge is 0.332 e. The number of carbonyl (C=O) groups is 1. The molecule has 1 N–H and O–H groups in total. The summed E-state index contributed by atoms with van der Waals surface area (Å²) in [6, 6.07) is 8.24. The average molecular weight is 454 g/mol. The molecule has 0 spiro atoms. The number of aromatic nitrogens is 4. The molecule has 0 fully saturated rings. The van der Waals surface area contributed by atoms with Gasteiger partial charge in [-0.15, -0.1) is 11.3 Å². The number of anilines is 1. The highest BCUT2D eigenvalue weighted by Crippen LogP contribution is 2.26. The Balaban J connectivity index is 1.50. The molecule has 0 aliphatic heterocycles. The molecule has 0 aliphatic rings. The normalized spacial score (nSPS) is 11.4. The van der Waals surface area contributed by atoms with Crippen LogP contribution in [0.1, 0.15) is 25.2 Å². The van der Waals surface area contributed by atoms with E-state index in [2.05, 4.69) is 41.4 Å². The highest BCUT2D eigenvalue weighted by Gasteiger charge is 2.21. The number of fused-ring (bicyclic) bond motifs is 1. The summed E-state index contributed by atoms with van der Waals surface area (Å²) in [6.07, 6.45) is 0.814. The van der Waals surface area contributed by atoms with Crippen molar-refractivity contribution in [3.05, 3.63) is 61.8 Å². The van der Waals surface area contributed by atoms with Gasteiger partial charge in [-0.3, -0.25) is 18.7 Å². The summed E-state index contributed by atoms with van der Waals surface area (Å²) in [5.74, 6) is 0.298. The molecule has 166 valence electrons. The zero-order chi connectivity index (χ0) is 23.0. The topological polar surface area (TPSA) is 112 Å². The predicted molar refractivity (Wildman–Crippen MR) is 123 cm³/mol. The predicted octanol–water partition coefficient (Wildman–Crippen LogP) is 2.73. The van der Waals surface area contributed by atoms with Gasteiger partial charge >= 0.3 is 5.69 Å². The molecule has 0 aliphatic carbocycles. The molecule has 1 amide bonds. The number of carbonyl (C=O) groups excluding carboxylic acids is 1. The summed E-state index contributed by atoms with van der Waals surface area (Å²) in [7, 11) is 2.86. The Hall–Kier alpha value is -3.53. The second-order valence-corrected chi connectivity index (χ2v) is 8.93. The Labute approximate surface area is 187 Å². The van der Waals surface area contributed by atoms with Gasteiger partial charge < -0.3 is 9.84 Å². The lowest BCUT2D eigenvalue weighted by Crippen LogP contribution is -2.37. The van der Waals surface area contributed by atoms with E-state index in [1.165, 1.54) is 35.6 Å². The standard InChI is InChI=1S/C22H23N5O4S/c1-12(2)9-13-5-7-14(8-6-13)15-11-32-21(23-15)24-17(28)10-16-18-19(25-31-16)26(3)22(30)27(4)20(18)29/h5-8,11-12H,9-10H2,1-4H3,(H,23,24,28). The lowest BCUT2D eigenvalue weighted by Gasteiger charge is -2.05. The second-order valence-electron chi connectivity index (χ2n) is 8.07. The first-order valence-corrected chi connectivity index (χ1v) is 11.0. The van der Waals surface area contributed by atoms with Gasteiger partial charge in [0.1, 0.15) is 5.39 Å². The van der Waals surface area contributed by atoms with Crippen LogP contribution in [0.2, 0.25) is 0 Å². The van der Waals surface area contributed by atoms with Crippen molar-refractivity contribution in [1.82, 2.24) is 19.3 Å². The fourth-order valence-corrected chi connectivity index (χ4v) is 4.24. The maximum absolute atomic E-state index is 12.6. The summed E-state index contributed by atoms with van der Waals surface area (Å²) >= 11 is 1.31. The van der Waals surface area contributed by atoms with Gasteiger partial charge in [0.05, 0.1) is 12.1 Å². The Bertz CT molecular complexity index is 1410. The van der Waals surface area contributed by atoms with E-state index in [0.717, 1.165) is 22.2 Å². The largest absolute Gasteiger partial charge is 0.358 e. The third kappa shape index (κ3) is 4.13. The van der Waals surface area contributed by atoms with Crippen molar-refractivity contribution in [3.8, 4) is 11.3 Å². The van der Waals surface area contributed by atoms with Gasteiger partial charge in [-0.2, -0.15) is 0 Å². The summed E-state index contributed by atoms with van der Waals surface area (Å²) < 4.78 is 7.38. The molecule has 3 aromatic heterocycles. The lowest BCUT2D eigenvalue weighted by molar-refractivity contribution is -0.115. The van der Waals surface area contributed by atoms with Crippen molar-refractivity contribution in [1.29, 1.82) is 0 Å². The first kappa shape index (κ1) is 21.7. The monoisotopic (exact) mass is 453 g/mol. The van der Waals surface area contributed by atoms with Crippen LogP contribution in [0.4, 0.5) is 5.13 Å². The van der Waals surface area contributed by atoms with E-state index in [0.29, 0.717) is 11.0 Å². The number of benzene rings is 1. The number of thiazole rings is 1. The Morgan fingerprint density at radius 1 is 1.16 bits per heavy atom. The van der Waals surface area contributed by atoms with Crippen molar-refractivity contribution in [2.24, 2.45) is 20.0 Å². The molecule has 3 heterocycles. The van der Waals surface area contributed by atoms with Crippen molar-refractivity contribution < 1.29 is 9.32 Å². The summed E-state index contributed by atoms with van der Waals surface area (Å²) in [5.41, 5.74) is 2.06. The van der Waals surface area contributed by atoms with E-state index in [1.54, 1.807) is 0 Å². The van der Waals surface area contributed by atoms with Crippen molar-refractivity contribution in [2.45, 2.75) is 26.7 Å². The van der Waals surface area contributed by atoms with Crippen LogP contribution in [-0.4, -0.2) is 25.2 Å². The molecule has 1 aromatic carbocycles. The summed E-state index contributed by atoms with van der Waals surface area (Å²) in [6.45, 7) is 4.37. The maximum atomic E-state index is 12.6. The van der Waals surface area contributed by atoms with Crippen molar-refractivity contribution in [2.75, 3.05) is 5.32 Å². The van der Waals surface area contributed by atoms with Crippen LogP contribution in [0.15, 0.2) is 43.8 Å². The first-order valence-electron chi connectivity index (χ1n) is 10.1. The minimum atomic E-state index is -0.551. The van der Waals surface area contributed by atoms with Crippen LogP contribution in [0.3, 0.4) is 0 Å². The molecule has 0 atom stereocenters. The molecular weight excluding hydrogens is 430 g/mol. The average Bonchev–Trinajstić information content (AvgIpc) is 3.38. The van der Waals surface area contributed by atoms with Gasteiger partial charge in [0.25, 0.3) is 5.56 Å². The molecule has 10 heteroatoms. The Morgan fingerprint density at radius 2 is 1.88 bits per heavy atom. The molecule has 0 bridgehead atoms. The van der Waals surface area contributed by atoms with Crippen LogP contribution in [0.5, 0.6) is 0 Å². The van der Waals surface area contributed by atoms with Crippen LogP contribution < -0.4 is 16.6 Å². The molecule has 0 saturated heterocycles. The Morgan fingerprint density at radius 3 is 2.56 bits per heavy atom. The van der Waals surface area contributed by atoms with Gasteiger partial charge in [-0.25, -0.2) is 9.78 Å². The highest BCUT2D eigenvalue weighted by atomic mass is 32.1. The molecule has 0 radical (unpaired) electrons. The Kier molecular flexibility index (Phi) is 5.79. The molecule has 32 heavy (non-hydrogen) atoms. The quantitative estimate of drug-likeness (QED) is 0.480. The zero-order valence-corrected chi connectivity index (χ0v) is 19.0. The van der Waals surface area contributed by atoms with E-state index in [-0.39, 0.29) is 23.2 Å². The van der Waals surface area contributed by atoms with Gasteiger partial charge in [0, 0.05) is 25.0 Å². The van der Waals surface area contributed by atoms with E-state index in [9.17, 15) is 14.4 Å². The van der Waals surface area contributed by atoms with Crippen molar-refractivity contribution >= 4 is 33.4 Å². The number of aryl methyl sites for hydroxylation is 1. The van der Waals surface area contributed by atoms with Crippen molar-refractivity contribution in [3.63, 3.8) is 0 Å². The summed E-state index contributed by atoms with van der Waals surface area (Å²) in [5, 5.41) is 8.97. The fraction of sp³-hybridized carbons (Fsp3) is 0.318. The van der Waals surface area contributed by atoms with Crippen LogP contribution in [-0.2, 0) is 31.7 Å². The number of hydrogen-bond donors (Lipinski definition) is 1. The highest BCUT2D eigenvalue weighted by molar-refractivity contribution is 7.14. The number of amides is 1. The molecule has 4 rings (SSSR count). The van der Waals surface area contributed by atoms with Crippen LogP contribution >= 0.6 is 11.3 Å². The number of nitrogens with zero attached hydrogens (tertiary/aromatic N) is 4. The van der Waals surface area contributed by atoms with E-state index in [4.69, 9.17) is 4.52 Å². The molecule has 9 nitrogen and oxygen atoms in total. The van der Waals surface area contributed by atoms with Crippen LogP contribution in [0, 0.1) is 5.92 Å². The minimum Gasteiger partial charge on any atom is -0.358 e. The van der Waals surface area contributed by atoms with Gasteiger partial charge in [-0.05, 0) is 17.9 Å². The van der Waals surface area contributed by atoms with Gasteiger partial charge in [-0.1, -0.05) is 43.3 Å². The second kappa shape index (κ2) is 8.54. The number of nitrogens with one attached hydrogen (secondary N) is 1. The number of hydrogen-bond acceptors (Lipinski definition) is 7. The first-order chi connectivity index (χ1) is 15.2. The molecule has 0 unspecified atom stereocenters. The number of rotatable bonds is 6. The van der Waals surface area contributed by atoms with E-state index < -0.39 is 17.2 Å². The maximum Gasteiger partial charge on any atom is 0.332 e. The molecular formula is C22H23N5O4S. The molecule has 4 aromatic rings. The van der Waals surface area contributed by atoms with Gasteiger partial charge in [0.2, 0.25) is 5.91 Å². The van der Waals surface area contributed by atoms with Crippen LogP contribution in [0.25, 0.3) is 22.3 Å². The molecule has 0 saturated carbocycles. The fourth-order valence-electron chi connectivity index (χ4n) is 3.51.